The molecule has 1 aliphatic rings. The van der Waals surface area contributed by atoms with Crippen molar-refractivity contribution in [2.24, 2.45) is 5.92 Å². The quantitative estimate of drug-likeness (QED) is 0.617. The SMILES string of the molecule is C=CCNc1nnc(SCC(=O)C2CCCCC2)s1. The van der Waals surface area contributed by atoms with Crippen LogP contribution in [0.15, 0.2) is 17.0 Å². The summed E-state index contributed by atoms with van der Waals surface area (Å²) in [5.41, 5.74) is 0. The van der Waals surface area contributed by atoms with Gasteiger partial charge in [-0.2, -0.15) is 0 Å². The van der Waals surface area contributed by atoms with Crippen molar-refractivity contribution in [3.05, 3.63) is 12.7 Å². The Morgan fingerprint density at radius 1 is 1.42 bits per heavy atom. The molecule has 1 saturated carbocycles. The largest absolute Gasteiger partial charge is 0.357 e. The first-order valence-electron chi connectivity index (χ1n) is 6.63. The van der Waals surface area contributed by atoms with E-state index in [1.165, 1.54) is 42.4 Å². The van der Waals surface area contributed by atoms with Gasteiger partial charge >= 0.3 is 0 Å². The highest BCUT2D eigenvalue weighted by molar-refractivity contribution is 8.01. The van der Waals surface area contributed by atoms with Crippen LogP contribution in [0.25, 0.3) is 0 Å². The van der Waals surface area contributed by atoms with Gasteiger partial charge < -0.3 is 5.32 Å². The van der Waals surface area contributed by atoms with Crippen LogP contribution < -0.4 is 5.32 Å². The van der Waals surface area contributed by atoms with Crippen LogP contribution >= 0.6 is 23.1 Å². The summed E-state index contributed by atoms with van der Waals surface area (Å²) in [6.45, 7) is 4.32. The van der Waals surface area contributed by atoms with Gasteiger partial charge in [0.15, 0.2) is 4.34 Å². The smallest absolute Gasteiger partial charge is 0.206 e. The second kappa shape index (κ2) is 7.65. The molecule has 0 saturated heterocycles. The zero-order valence-corrected chi connectivity index (χ0v) is 12.6. The Balaban J connectivity index is 1.76. The van der Waals surface area contributed by atoms with Gasteiger partial charge in [-0.05, 0) is 12.8 Å². The second-order valence-corrected chi connectivity index (χ2v) is 6.83. The number of hydrogen-bond donors (Lipinski definition) is 1. The standard InChI is InChI=1S/C13H19N3OS2/c1-2-8-14-12-15-16-13(19-12)18-9-11(17)10-6-4-3-5-7-10/h2,10H,1,3-9H2,(H,14,15). The topological polar surface area (TPSA) is 54.9 Å². The van der Waals surface area contributed by atoms with Gasteiger partial charge in [-0.3, -0.25) is 4.79 Å². The predicted molar refractivity (Wildman–Crippen MR) is 80.9 cm³/mol. The minimum atomic E-state index is 0.285. The number of ketones is 1. The Labute approximate surface area is 122 Å². The van der Waals surface area contributed by atoms with Crippen molar-refractivity contribution in [2.75, 3.05) is 17.6 Å². The fourth-order valence-corrected chi connectivity index (χ4v) is 3.91. The fourth-order valence-electron chi connectivity index (χ4n) is 2.17. The number of carbonyl (C=O) groups excluding carboxylic acids is 1. The molecule has 1 heterocycles. The number of carbonyl (C=O) groups is 1. The molecule has 0 bridgehead atoms. The lowest BCUT2D eigenvalue weighted by Gasteiger charge is -2.19. The molecule has 0 aromatic carbocycles. The molecule has 0 spiro atoms. The summed E-state index contributed by atoms with van der Waals surface area (Å²) in [4.78, 5) is 12.1. The highest BCUT2D eigenvalue weighted by Crippen LogP contribution is 2.29. The van der Waals surface area contributed by atoms with Crippen LogP contribution in [0.2, 0.25) is 0 Å². The fraction of sp³-hybridized carbons (Fsp3) is 0.615. The summed E-state index contributed by atoms with van der Waals surface area (Å²) in [7, 11) is 0. The maximum atomic E-state index is 12.1. The lowest BCUT2D eigenvalue weighted by molar-refractivity contribution is -0.121. The van der Waals surface area contributed by atoms with E-state index in [9.17, 15) is 4.79 Å². The van der Waals surface area contributed by atoms with Gasteiger partial charge in [-0.25, -0.2) is 0 Å². The van der Waals surface area contributed by atoms with Crippen molar-refractivity contribution >= 4 is 34.0 Å². The Kier molecular flexibility index (Phi) is 5.85. The Morgan fingerprint density at radius 3 is 2.95 bits per heavy atom. The van der Waals surface area contributed by atoms with Crippen molar-refractivity contribution in [2.45, 2.75) is 36.4 Å². The average molecular weight is 297 g/mol. The second-order valence-electron chi connectivity index (χ2n) is 4.63. The molecule has 0 aliphatic heterocycles. The van der Waals surface area contributed by atoms with E-state index in [4.69, 9.17) is 0 Å². The molecule has 1 aliphatic carbocycles. The van der Waals surface area contributed by atoms with E-state index in [0.717, 1.165) is 22.3 Å². The molecule has 6 heteroatoms. The Bertz CT molecular complexity index is 427. The van der Waals surface area contributed by atoms with Crippen molar-refractivity contribution < 1.29 is 4.79 Å². The van der Waals surface area contributed by atoms with Crippen molar-refractivity contribution in [1.82, 2.24) is 10.2 Å². The van der Waals surface area contributed by atoms with Gasteiger partial charge in [-0.15, -0.1) is 16.8 Å². The van der Waals surface area contributed by atoms with E-state index < -0.39 is 0 Å². The Morgan fingerprint density at radius 2 is 2.21 bits per heavy atom. The molecule has 1 fully saturated rings. The van der Waals surface area contributed by atoms with Crippen LogP contribution in [-0.4, -0.2) is 28.3 Å². The van der Waals surface area contributed by atoms with Gasteiger partial charge in [0.25, 0.3) is 0 Å². The first kappa shape index (κ1) is 14.5. The van der Waals surface area contributed by atoms with E-state index >= 15 is 0 Å². The predicted octanol–water partition coefficient (Wildman–Crippen LogP) is 3.38. The molecule has 104 valence electrons. The third-order valence-corrected chi connectivity index (χ3v) is 5.24. The van der Waals surface area contributed by atoms with E-state index in [1.54, 1.807) is 6.08 Å². The number of rotatable bonds is 7. The summed E-state index contributed by atoms with van der Waals surface area (Å²) in [6, 6.07) is 0. The third-order valence-electron chi connectivity index (χ3n) is 3.20. The molecule has 0 amide bonds. The van der Waals surface area contributed by atoms with Crippen LogP contribution in [0.4, 0.5) is 5.13 Å². The highest BCUT2D eigenvalue weighted by Gasteiger charge is 2.21. The van der Waals surface area contributed by atoms with E-state index in [1.807, 2.05) is 0 Å². The molecule has 1 N–H and O–H groups in total. The number of hydrogen-bond acceptors (Lipinski definition) is 6. The average Bonchev–Trinajstić information content (AvgIpc) is 2.91. The summed E-state index contributed by atoms with van der Waals surface area (Å²) in [5.74, 6) is 1.19. The first-order valence-corrected chi connectivity index (χ1v) is 8.43. The molecule has 19 heavy (non-hydrogen) atoms. The van der Waals surface area contributed by atoms with Crippen molar-refractivity contribution in [3.8, 4) is 0 Å². The number of anilines is 1. The minimum absolute atomic E-state index is 0.285. The molecular weight excluding hydrogens is 278 g/mol. The van der Waals surface area contributed by atoms with Crippen LogP contribution in [0.5, 0.6) is 0 Å². The number of thioether (sulfide) groups is 1. The van der Waals surface area contributed by atoms with E-state index in [0.29, 0.717) is 18.1 Å². The molecule has 4 nitrogen and oxygen atoms in total. The Hall–Kier alpha value is -0.880. The molecule has 1 aromatic heterocycles. The number of nitrogens with zero attached hydrogens (tertiary/aromatic N) is 2. The molecule has 0 unspecified atom stereocenters. The maximum absolute atomic E-state index is 12.1. The van der Waals surface area contributed by atoms with Gasteiger partial charge in [0.1, 0.15) is 5.78 Å². The zero-order valence-electron chi connectivity index (χ0n) is 10.9. The number of aromatic nitrogens is 2. The van der Waals surface area contributed by atoms with Gasteiger partial charge in [0.2, 0.25) is 5.13 Å². The van der Waals surface area contributed by atoms with Crippen LogP contribution in [-0.2, 0) is 4.79 Å². The normalized spacial score (nSPS) is 16.2. The lowest BCUT2D eigenvalue weighted by atomic mass is 9.87. The van der Waals surface area contributed by atoms with Crippen LogP contribution in [0.1, 0.15) is 32.1 Å². The lowest BCUT2D eigenvalue weighted by Crippen LogP contribution is -2.19. The van der Waals surface area contributed by atoms with Crippen LogP contribution in [0.3, 0.4) is 0 Å². The van der Waals surface area contributed by atoms with Gasteiger partial charge in [0, 0.05) is 12.5 Å². The van der Waals surface area contributed by atoms with Crippen LogP contribution in [0, 0.1) is 5.92 Å². The van der Waals surface area contributed by atoms with Gasteiger partial charge in [-0.1, -0.05) is 48.4 Å². The minimum Gasteiger partial charge on any atom is -0.357 e. The summed E-state index contributed by atoms with van der Waals surface area (Å²) in [6.07, 6.45) is 7.61. The van der Waals surface area contributed by atoms with Crippen molar-refractivity contribution in [3.63, 3.8) is 0 Å². The number of Topliss-reactive ketones (excluding diaryl/α,β-unsaturated/α-hetero) is 1. The molecule has 0 radical (unpaired) electrons. The number of nitrogens with one attached hydrogen (secondary N) is 1. The van der Waals surface area contributed by atoms with E-state index in [-0.39, 0.29) is 5.92 Å². The van der Waals surface area contributed by atoms with E-state index in [2.05, 4.69) is 22.1 Å². The molecule has 2 rings (SSSR count). The highest BCUT2D eigenvalue weighted by atomic mass is 32.2. The zero-order chi connectivity index (χ0) is 13.5. The van der Waals surface area contributed by atoms with Crippen molar-refractivity contribution in [1.29, 1.82) is 0 Å². The summed E-state index contributed by atoms with van der Waals surface area (Å²) < 4.78 is 0.857. The third kappa shape index (κ3) is 4.62. The molecular formula is C13H19N3OS2. The summed E-state index contributed by atoms with van der Waals surface area (Å²) in [5, 5.41) is 12.0. The monoisotopic (exact) mass is 297 g/mol. The molecule has 0 atom stereocenters. The molecule has 1 aromatic rings. The first-order chi connectivity index (χ1) is 9.29. The maximum Gasteiger partial charge on any atom is 0.206 e. The van der Waals surface area contributed by atoms with Gasteiger partial charge in [0.05, 0.1) is 5.75 Å². The summed E-state index contributed by atoms with van der Waals surface area (Å²) >= 11 is 3.00.